The van der Waals surface area contributed by atoms with Crippen molar-refractivity contribution in [2.24, 2.45) is 0 Å². The number of anilines is 2. The third kappa shape index (κ3) is 3.40. The Hall–Kier alpha value is -1.66. The fourth-order valence-electron chi connectivity index (χ4n) is 1.93. The minimum absolute atomic E-state index is 0.756. The lowest BCUT2D eigenvalue weighted by Crippen LogP contribution is -2.14. The lowest BCUT2D eigenvalue weighted by Gasteiger charge is -2.15. The fourth-order valence-corrected chi connectivity index (χ4v) is 1.93. The van der Waals surface area contributed by atoms with Crippen LogP contribution >= 0.6 is 0 Å². The number of nitrogens with zero attached hydrogens (tertiary/aromatic N) is 1. The van der Waals surface area contributed by atoms with Crippen molar-refractivity contribution < 1.29 is 0 Å². The number of rotatable bonds is 5. The summed E-state index contributed by atoms with van der Waals surface area (Å²) in [6, 6.07) is 3.78. The molecule has 0 unspecified atom stereocenters. The molecule has 92 valence electrons. The second kappa shape index (κ2) is 6.17. The Morgan fingerprint density at radius 2 is 2.12 bits per heavy atom. The molecule has 0 bridgehead atoms. The summed E-state index contributed by atoms with van der Waals surface area (Å²) < 4.78 is 0. The van der Waals surface area contributed by atoms with Gasteiger partial charge in [-0.3, -0.25) is 0 Å². The molecule has 0 aliphatic heterocycles. The molecule has 0 radical (unpaired) electrons. The van der Waals surface area contributed by atoms with E-state index in [1.54, 1.807) is 0 Å². The molecule has 0 aliphatic carbocycles. The van der Waals surface area contributed by atoms with Crippen LogP contribution < -0.4 is 11.1 Å². The quantitative estimate of drug-likeness (QED) is 0.599. The Kier molecular flexibility index (Phi) is 4.86. The van der Waals surface area contributed by atoms with Gasteiger partial charge in [-0.15, -0.1) is 6.42 Å². The summed E-state index contributed by atoms with van der Waals surface area (Å²) in [5, 5.41) is 3.14. The van der Waals surface area contributed by atoms with Crippen molar-refractivity contribution >= 4 is 11.4 Å². The van der Waals surface area contributed by atoms with Crippen LogP contribution in [0.1, 0.15) is 17.5 Å². The summed E-state index contributed by atoms with van der Waals surface area (Å²) in [7, 11) is 6.02. The average molecular weight is 231 g/mol. The highest BCUT2D eigenvalue weighted by Gasteiger charge is 2.09. The molecular formula is C14H21N3. The molecule has 0 fully saturated rings. The Morgan fingerprint density at radius 1 is 1.41 bits per heavy atom. The van der Waals surface area contributed by atoms with E-state index in [2.05, 4.69) is 30.2 Å². The van der Waals surface area contributed by atoms with Gasteiger partial charge in [-0.05, 0) is 51.2 Å². The van der Waals surface area contributed by atoms with Crippen molar-refractivity contribution in [3.05, 3.63) is 23.3 Å². The van der Waals surface area contributed by atoms with Crippen molar-refractivity contribution in [3.8, 4) is 12.3 Å². The van der Waals surface area contributed by atoms with Crippen LogP contribution in [0, 0.1) is 12.3 Å². The first-order valence-electron chi connectivity index (χ1n) is 5.80. The summed E-state index contributed by atoms with van der Waals surface area (Å²) in [6.45, 7) is 1.04. The number of terminal acetylenes is 1. The van der Waals surface area contributed by atoms with E-state index in [0.29, 0.717) is 0 Å². The zero-order chi connectivity index (χ0) is 12.8. The number of hydrogen-bond donors (Lipinski definition) is 2. The second-order valence-electron chi connectivity index (χ2n) is 4.36. The monoisotopic (exact) mass is 231 g/mol. The highest BCUT2D eigenvalue weighted by Crippen LogP contribution is 2.27. The number of benzene rings is 1. The SMILES string of the molecule is C#Cc1ccc(N)c(NC)c1CCCN(C)C. The Bertz CT molecular complexity index is 416. The zero-order valence-electron chi connectivity index (χ0n) is 10.9. The molecule has 3 N–H and O–H groups in total. The van der Waals surface area contributed by atoms with E-state index in [1.165, 1.54) is 0 Å². The Morgan fingerprint density at radius 3 is 2.65 bits per heavy atom. The van der Waals surface area contributed by atoms with Gasteiger partial charge >= 0.3 is 0 Å². The Labute approximate surface area is 104 Å². The predicted octanol–water partition coefficient (Wildman–Crippen LogP) is 1.79. The molecule has 1 rings (SSSR count). The van der Waals surface area contributed by atoms with Crippen molar-refractivity contribution in [3.63, 3.8) is 0 Å². The molecule has 17 heavy (non-hydrogen) atoms. The lowest BCUT2D eigenvalue weighted by molar-refractivity contribution is 0.400. The van der Waals surface area contributed by atoms with Crippen LogP contribution in [0.3, 0.4) is 0 Å². The van der Waals surface area contributed by atoms with Crippen LogP contribution in [0.4, 0.5) is 11.4 Å². The van der Waals surface area contributed by atoms with Gasteiger partial charge in [0.05, 0.1) is 11.4 Å². The van der Waals surface area contributed by atoms with E-state index in [9.17, 15) is 0 Å². The minimum Gasteiger partial charge on any atom is -0.397 e. The van der Waals surface area contributed by atoms with Crippen molar-refractivity contribution in [1.82, 2.24) is 4.90 Å². The lowest BCUT2D eigenvalue weighted by atomic mass is 9.99. The van der Waals surface area contributed by atoms with Crippen LogP contribution in [0.2, 0.25) is 0 Å². The first-order chi connectivity index (χ1) is 8.10. The van der Waals surface area contributed by atoms with Gasteiger partial charge in [-0.2, -0.15) is 0 Å². The van der Waals surface area contributed by atoms with Crippen LogP contribution in [0.25, 0.3) is 0 Å². The summed E-state index contributed by atoms with van der Waals surface area (Å²) in [5.74, 6) is 2.73. The molecule has 1 aromatic rings. The molecule has 0 amide bonds. The largest absolute Gasteiger partial charge is 0.397 e. The molecule has 0 aromatic heterocycles. The smallest absolute Gasteiger partial charge is 0.0616 e. The minimum atomic E-state index is 0.756. The molecule has 3 nitrogen and oxygen atoms in total. The molecule has 0 aliphatic rings. The van der Waals surface area contributed by atoms with Gasteiger partial charge in [-0.25, -0.2) is 0 Å². The third-order valence-electron chi connectivity index (χ3n) is 2.78. The second-order valence-corrected chi connectivity index (χ2v) is 4.36. The average Bonchev–Trinajstić information content (AvgIpc) is 2.29. The van der Waals surface area contributed by atoms with Crippen LogP contribution in [0.15, 0.2) is 12.1 Å². The maximum absolute atomic E-state index is 5.95. The number of nitrogens with two attached hydrogens (primary N) is 1. The molecule has 3 heteroatoms. The van der Waals surface area contributed by atoms with Crippen molar-refractivity contribution in [2.45, 2.75) is 12.8 Å². The van der Waals surface area contributed by atoms with E-state index < -0.39 is 0 Å². The van der Waals surface area contributed by atoms with Crippen molar-refractivity contribution in [2.75, 3.05) is 38.7 Å². The number of nitrogen functional groups attached to an aromatic ring is 1. The van der Waals surface area contributed by atoms with E-state index >= 15 is 0 Å². The summed E-state index contributed by atoms with van der Waals surface area (Å²) in [4.78, 5) is 2.17. The maximum atomic E-state index is 5.95. The topological polar surface area (TPSA) is 41.3 Å². The first-order valence-corrected chi connectivity index (χ1v) is 5.80. The number of nitrogens with one attached hydrogen (secondary N) is 1. The summed E-state index contributed by atoms with van der Waals surface area (Å²) in [5.41, 5.74) is 9.76. The molecule has 0 spiro atoms. The van der Waals surface area contributed by atoms with E-state index in [-0.39, 0.29) is 0 Å². The van der Waals surface area contributed by atoms with E-state index in [4.69, 9.17) is 12.2 Å². The van der Waals surface area contributed by atoms with Crippen molar-refractivity contribution in [1.29, 1.82) is 0 Å². The highest BCUT2D eigenvalue weighted by molar-refractivity contribution is 5.73. The van der Waals surface area contributed by atoms with E-state index in [0.717, 1.165) is 41.9 Å². The van der Waals surface area contributed by atoms with Gasteiger partial charge in [0.15, 0.2) is 0 Å². The third-order valence-corrected chi connectivity index (χ3v) is 2.78. The summed E-state index contributed by atoms with van der Waals surface area (Å²) >= 11 is 0. The summed E-state index contributed by atoms with van der Waals surface area (Å²) in [6.07, 6.45) is 7.54. The van der Waals surface area contributed by atoms with E-state index in [1.807, 2.05) is 19.2 Å². The van der Waals surface area contributed by atoms with Gasteiger partial charge in [0.1, 0.15) is 0 Å². The fraction of sp³-hybridized carbons (Fsp3) is 0.429. The van der Waals surface area contributed by atoms with Gasteiger partial charge in [0.25, 0.3) is 0 Å². The molecule has 1 aromatic carbocycles. The molecule has 0 saturated carbocycles. The van der Waals surface area contributed by atoms with Crippen LogP contribution in [0.5, 0.6) is 0 Å². The maximum Gasteiger partial charge on any atom is 0.0616 e. The predicted molar refractivity (Wildman–Crippen MR) is 75.2 cm³/mol. The molecule has 0 atom stereocenters. The first kappa shape index (κ1) is 13.4. The molecule has 0 heterocycles. The van der Waals surface area contributed by atoms with Gasteiger partial charge in [0, 0.05) is 12.6 Å². The van der Waals surface area contributed by atoms with Gasteiger partial charge in [0.2, 0.25) is 0 Å². The standard InChI is InChI=1S/C14H21N3/c1-5-11-8-9-13(15)14(16-2)12(11)7-6-10-17(3)4/h1,8-9,16H,6-7,10,15H2,2-4H3. The molecular weight excluding hydrogens is 210 g/mol. The van der Waals surface area contributed by atoms with Gasteiger partial charge < -0.3 is 16.0 Å². The van der Waals surface area contributed by atoms with Gasteiger partial charge in [-0.1, -0.05) is 5.92 Å². The highest BCUT2D eigenvalue weighted by atomic mass is 15.0. The zero-order valence-corrected chi connectivity index (χ0v) is 10.9. The Balaban J connectivity index is 2.94. The van der Waals surface area contributed by atoms with Crippen LogP contribution in [-0.4, -0.2) is 32.6 Å². The molecule has 0 saturated heterocycles. The number of hydrogen-bond acceptors (Lipinski definition) is 3. The van der Waals surface area contributed by atoms with Crippen LogP contribution in [-0.2, 0) is 6.42 Å². The normalized spacial score (nSPS) is 10.3.